The highest BCUT2D eigenvalue weighted by Crippen LogP contribution is 2.07. The van der Waals surface area contributed by atoms with E-state index in [9.17, 15) is 4.79 Å². The monoisotopic (exact) mass is 257 g/mol. The Morgan fingerprint density at radius 2 is 2.11 bits per heavy atom. The molecule has 98 valence electrons. The summed E-state index contributed by atoms with van der Waals surface area (Å²) in [6.45, 7) is 3.76. The van der Waals surface area contributed by atoms with Crippen LogP contribution < -0.4 is 11.1 Å². The molecular formula is C13H15N5O. The fourth-order valence-corrected chi connectivity index (χ4v) is 1.60. The molecule has 0 fully saturated rings. The molecule has 0 saturated carbocycles. The van der Waals surface area contributed by atoms with Gasteiger partial charge >= 0.3 is 5.69 Å². The molecule has 6 heteroatoms. The van der Waals surface area contributed by atoms with Crippen LogP contribution in [0.3, 0.4) is 0 Å². The van der Waals surface area contributed by atoms with Crippen LogP contribution in [-0.4, -0.2) is 20.9 Å². The molecule has 1 heterocycles. The third-order valence-corrected chi connectivity index (χ3v) is 2.61. The lowest BCUT2D eigenvalue weighted by atomic mass is 10.1. The summed E-state index contributed by atoms with van der Waals surface area (Å²) >= 11 is 0. The molecule has 0 amide bonds. The first-order valence-electron chi connectivity index (χ1n) is 6.02. The third kappa shape index (κ3) is 3.25. The molecule has 2 aromatic rings. The van der Waals surface area contributed by atoms with Gasteiger partial charge in [0.1, 0.15) is 5.69 Å². The molecule has 0 aliphatic rings. The first-order valence-corrected chi connectivity index (χ1v) is 6.02. The summed E-state index contributed by atoms with van der Waals surface area (Å²) < 4.78 is 0. The topological polar surface area (TPSA) is 83.0 Å². The van der Waals surface area contributed by atoms with Crippen molar-refractivity contribution in [2.75, 3.05) is 5.43 Å². The van der Waals surface area contributed by atoms with Gasteiger partial charge in [0.15, 0.2) is 5.82 Å². The predicted molar refractivity (Wildman–Crippen MR) is 74.3 cm³/mol. The van der Waals surface area contributed by atoms with Crippen molar-refractivity contribution >= 4 is 11.5 Å². The molecule has 0 radical (unpaired) electrons. The summed E-state index contributed by atoms with van der Waals surface area (Å²) in [4.78, 5) is 14.9. The Morgan fingerprint density at radius 3 is 2.79 bits per heavy atom. The van der Waals surface area contributed by atoms with E-state index >= 15 is 0 Å². The first-order chi connectivity index (χ1) is 9.20. The second-order valence-electron chi connectivity index (χ2n) is 3.96. The number of nitrogens with one attached hydrogen (secondary N) is 2. The molecule has 1 aromatic carbocycles. The van der Waals surface area contributed by atoms with E-state index in [1.54, 1.807) is 6.92 Å². The van der Waals surface area contributed by atoms with Crippen molar-refractivity contribution in [1.82, 2.24) is 15.2 Å². The number of aromatic nitrogens is 3. The normalized spacial score (nSPS) is 11.4. The smallest absolute Gasteiger partial charge is 0.259 e. The van der Waals surface area contributed by atoms with Crippen molar-refractivity contribution in [3.8, 4) is 0 Å². The number of aromatic amines is 1. The van der Waals surface area contributed by atoms with Gasteiger partial charge in [-0.05, 0) is 18.9 Å². The van der Waals surface area contributed by atoms with Gasteiger partial charge in [-0.1, -0.05) is 37.3 Å². The van der Waals surface area contributed by atoms with E-state index in [1.165, 1.54) is 0 Å². The molecule has 1 aromatic heterocycles. The van der Waals surface area contributed by atoms with Crippen LogP contribution >= 0.6 is 0 Å². The van der Waals surface area contributed by atoms with Gasteiger partial charge in [-0.15, -0.1) is 0 Å². The summed E-state index contributed by atoms with van der Waals surface area (Å²) in [6, 6.07) is 9.84. The van der Waals surface area contributed by atoms with E-state index in [-0.39, 0.29) is 0 Å². The van der Waals surface area contributed by atoms with E-state index in [0.29, 0.717) is 11.5 Å². The predicted octanol–water partition coefficient (Wildman–Crippen LogP) is 1.70. The Kier molecular flexibility index (Phi) is 4.02. The van der Waals surface area contributed by atoms with E-state index in [4.69, 9.17) is 0 Å². The summed E-state index contributed by atoms with van der Waals surface area (Å²) in [6.07, 6.45) is 0.771. The van der Waals surface area contributed by atoms with Gasteiger partial charge in [0.05, 0.1) is 5.71 Å². The Morgan fingerprint density at radius 1 is 1.37 bits per heavy atom. The minimum atomic E-state index is -0.499. The fraction of sp³-hybridized carbons (Fsp3) is 0.231. The molecule has 6 nitrogen and oxygen atoms in total. The highest BCUT2D eigenvalue weighted by atomic mass is 16.1. The fourth-order valence-electron chi connectivity index (χ4n) is 1.60. The lowest BCUT2D eigenvalue weighted by Gasteiger charge is -2.06. The minimum absolute atomic E-state index is 0.366. The lowest BCUT2D eigenvalue weighted by Crippen LogP contribution is -2.16. The number of benzene rings is 1. The lowest BCUT2D eigenvalue weighted by molar-refractivity contribution is 0.878. The van der Waals surface area contributed by atoms with Crippen molar-refractivity contribution in [2.45, 2.75) is 20.3 Å². The first kappa shape index (κ1) is 12.9. The highest BCUT2D eigenvalue weighted by Gasteiger charge is 2.03. The third-order valence-electron chi connectivity index (χ3n) is 2.61. The van der Waals surface area contributed by atoms with Crippen molar-refractivity contribution in [2.24, 2.45) is 5.10 Å². The zero-order chi connectivity index (χ0) is 13.7. The summed E-state index contributed by atoms with van der Waals surface area (Å²) in [5, 5.41) is 10.4. The molecule has 2 N–H and O–H groups in total. The van der Waals surface area contributed by atoms with Crippen LogP contribution in [0.2, 0.25) is 0 Å². The largest absolute Gasteiger partial charge is 0.363 e. The summed E-state index contributed by atoms with van der Waals surface area (Å²) in [5.74, 6) is 0.366. The van der Waals surface area contributed by atoms with Crippen LogP contribution in [0.5, 0.6) is 0 Å². The van der Waals surface area contributed by atoms with Gasteiger partial charge < -0.3 is 0 Å². The number of nitrogens with zero attached hydrogens (tertiary/aromatic N) is 3. The van der Waals surface area contributed by atoms with Gasteiger partial charge in [0.25, 0.3) is 0 Å². The van der Waals surface area contributed by atoms with Gasteiger partial charge in [0, 0.05) is 0 Å². The molecule has 0 unspecified atom stereocenters. The number of aryl methyl sites for hydroxylation is 1. The number of H-pyrrole nitrogens is 1. The summed E-state index contributed by atoms with van der Waals surface area (Å²) in [5.41, 5.74) is 4.81. The minimum Gasteiger partial charge on any atom is -0.259 e. The van der Waals surface area contributed by atoms with Crippen LogP contribution in [0.15, 0.2) is 40.2 Å². The number of rotatable bonds is 4. The average molecular weight is 257 g/mol. The Hall–Kier alpha value is -2.50. The molecule has 0 spiro atoms. The maximum absolute atomic E-state index is 11.1. The van der Waals surface area contributed by atoms with Crippen LogP contribution in [0, 0.1) is 6.92 Å². The SMILES string of the molecule is CC/C(=N\Nc1nc(=O)[nH]nc1C)c1ccccc1. The average Bonchev–Trinajstić information content (AvgIpc) is 2.44. The molecule has 0 atom stereocenters. The standard InChI is InChI=1S/C13H15N5O/c1-3-11(10-7-5-4-6-8-10)16-17-12-9(2)15-18-13(19)14-12/h4-8H,3H2,1-2H3,(H2,14,17,18,19)/b16-11+. The second-order valence-corrected chi connectivity index (χ2v) is 3.96. The maximum Gasteiger partial charge on any atom is 0.363 e. The van der Waals surface area contributed by atoms with E-state index < -0.39 is 5.69 Å². The maximum atomic E-state index is 11.1. The molecule has 19 heavy (non-hydrogen) atoms. The molecule has 0 saturated heterocycles. The van der Waals surface area contributed by atoms with E-state index in [2.05, 4.69) is 25.7 Å². The van der Waals surface area contributed by atoms with Gasteiger partial charge in [-0.25, -0.2) is 9.89 Å². The number of hydrogen-bond donors (Lipinski definition) is 2. The molecule has 2 rings (SSSR count). The van der Waals surface area contributed by atoms with Gasteiger partial charge in [-0.3, -0.25) is 5.43 Å². The molecular weight excluding hydrogens is 242 g/mol. The van der Waals surface area contributed by atoms with Crippen molar-refractivity contribution in [1.29, 1.82) is 0 Å². The van der Waals surface area contributed by atoms with E-state index in [1.807, 2.05) is 37.3 Å². The quantitative estimate of drug-likeness (QED) is 0.645. The van der Waals surface area contributed by atoms with Crippen LogP contribution in [0.4, 0.5) is 5.82 Å². The van der Waals surface area contributed by atoms with Gasteiger partial charge in [0.2, 0.25) is 0 Å². The van der Waals surface area contributed by atoms with Crippen molar-refractivity contribution in [3.63, 3.8) is 0 Å². The highest BCUT2D eigenvalue weighted by molar-refractivity contribution is 6.00. The molecule has 0 bridgehead atoms. The van der Waals surface area contributed by atoms with Crippen LogP contribution in [-0.2, 0) is 0 Å². The zero-order valence-electron chi connectivity index (χ0n) is 10.8. The number of hydrazone groups is 1. The van der Waals surface area contributed by atoms with Crippen molar-refractivity contribution in [3.05, 3.63) is 52.1 Å². The zero-order valence-corrected chi connectivity index (χ0v) is 10.8. The summed E-state index contributed by atoms with van der Waals surface area (Å²) in [7, 11) is 0. The molecule has 0 aliphatic carbocycles. The van der Waals surface area contributed by atoms with E-state index in [0.717, 1.165) is 17.7 Å². The Balaban J connectivity index is 2.25. The van der Waals surface area contributed by atoms with Crippen LogP contribution in [0.25, 0.3) is 0 Å². The number of hydrogen-bond acceptors (Lipinski definition) is 5. The van der Waals surface area contributed by atoms with Crippen LogP contribution in [0.1, 0.15) is 24.6 Å². The van der Waals surface area contributed by atoms with Gasteiger partial charge in [-0.2, -0.15) is 15.2 Å². The second kappa shape index (κ2) is 5.90. The van der Waals surface area contributed by atoms with Crippen molar-refractivity contribution < 1.29 is 0 Å². The Labute approximate surface area is 110 Å². The number of anilines is 1. The Bertz CT molecular complexity index is 633. The molecule has 0 aliphatic heterocycles.